The number of amides is 2. The topological polar surface area (TPSA) is 94.6 Å². The Labute approximate surface area is 184 Å². The quantitative estimate of drug-likeness (QED) is 0.683. The van der Waals surface area contributed by atoms with Gasteiger partial charge in [0.2, 0.25) is 10.0 Å². The predicted octanol–water partition coefficient (Wildman–Crippen LogP) is 2.61. The van der Waals surface area contributed by atoms with Gasteiger partial charge in [-0.05, 0) is 63.5 Å². The lowest BCUT2D eigenvalue weighted by molar-refractivity contribution is 0.170. The molecule has 9 heteroatoms. The lowest BCUT2D eigenvalue weighted by Gasteiger charge is -2.36. The van der Waals surface area contributed by atoms with E-state index < -0.39 is 10.0 Å². The molecular weight excluding hydrogens is 414 g/mol. The molecule has 2 heterocycles. The van der Waals surface area contributed by atoms with E-state index in [9.17, 15) is 13.2 Å². The van der Waals surface area contributed by atoms with Crippen molar-refractivity contribution in [2.75, 3.05) is 38.5 Å². The van der Waals surface area contributed by atoms with Gasteiger partial charge >= 0.3 is 6.03 Å². The molecule has 1 aromatic heterocycles. The largest absolute Gasteiger partial charge is 0.337 e. The number of aryl methyl sites for hydroxylation is 1. The van der Waals surface area contributed by atoms with Crippen LogP contribution < -0.4 is 10.6 Å². The maximum atomic E-state index is 12.8. The van der Waals surface area contributed by atoms with Crippen LogP contribution in [0.2, 0.25) is 0 Å². The van der Waals surface area contributed by atoms with Gasteiger partial charge in [-0.3, -0.25) is 4.98 Å². The molecule has 31 heavy (non-hydrogen) atoms. The number of anilines is 1. The number of urea groups is 1. The molecule has 2 aromatic rings. The maximum Gasteiger partial charge on any atom is 0.319 e. The molecule has 1 aliphatic rings. The molecule has 1 fully saturated rings. The Balaban J connectivity index is 1.42. The summed E-state index contributed by atoms with van der Waals surface area (Å²) in [7, 11) is -1.81. The van der Waals surface area contributed by atoms with Crippen LogP contribution >= 0.6 is 0 Å². The molecule has 0 radical (unpaired) electrons. The van der Waals surface area contributed by atoms with E-state index in [0.717, 1.165) is 49.4 Å². The van der Waals surface area contributed by atoms with Gasteiger partial charge in [0.15, 0.2) is 0 Å². The van der Waals surface area contributed by atoms with Crippen LogP contribution in [-0.4, -0.2) is 67.9 Å². The number of likely N-dealkylation sites (tertiary alicyclic amines) is 1. The molecule has 0 spiro atoms. The summed E-state index contributed by atoms with van der Waals surface area (Å²) in [6.45, 7) is 6.68. The minimum Gasteiger partial charge on any atom is -0.337 e. The first-order valence-corrected chi connectivity index (χ1v) is 12.0. The Hall–Kier alpha value is -2.49. The number of aromatic nitrogens is 1. The molecule has 0 saturated carbocycles. The summed E-state index contributed by atoms with van der Waals surface area (Å²) < 4.78 is 27.1. The summed E-state index contributed by atoms with van der Waals surface area (Å²) in [6, 6.07) is 10.1. The van der Waals surface area contributed by atoms with Gasteiger partial charge in [0.25, 0.3) is 0 Å². The third-order valence-corrected chi connectivity index (χ3v) is 7.83. The molecule has 1 aromatic carbocycles. The van der Waals surface area contributed by atoms with Crippen LogP contribution in [0.1, 0.15) is 24.1 Å². The third-order valence-electron chi connectivity index (χ3n) is 5.91. The van der Waals surface area contributed by atoms with Crippen molar-refractivity contribution < 1.29 is 13.2 Å². The number of hydrogen-bond acceptors (Lipinski definition) is 5. The Morgan fingerprint density at radius 1 is 1.16 bits per heavy atom. The molecule has 1 saturated heterocycles. The monoisotopic (exact) mass is 445 g/mol. The van der Waals surface area contributed by atoms with E-state index in [4.69, 9.17) is 0 Å². The molecular formula is C22H31N5O3S. The van der Waals surface area contributed by atoms with E-state index in [1.165, 1.54) is 4.31 Å². The van der Waals surface area contributed by atoms with Crippen LogP contribution in [0.15, 0.2) is 47.5 Å². The SMILES string of the molecule is Cc1nccc(NC(=O)NCCN2CCC(N(C)S(=O)(=O)c3ccccc3)CC2)c1C. The molecule has 3 rings (SSSR count). The summed E-state index contributed by atoms with van der Waals surface area (Å²) in [6.07, 6.45) is 3.21. The average molecular weight is 446 g/mol. The van der Waals surface area contributed by atoms with Crippen molar-refractivity contribution in [3.63, 3.8) is 0 Å². The fourth-order valence-corrected chi connectivity index (χ4v) is 5.17. The third kappa shape index (κ3) is 5.81. The highest BCUT2D eigenvalue weighted by molar-refractivity contribution is 7.89. The first kappa shape index (κ1) is 23.2. The van der Waals surface area contributed by atoms with Crippen LogP contribution in [0.5, 0.6) is 0 Å². The van der Waals surface area contributed by atoms with Crippen LogP contribution in [-0.2, 0) is 10.0 Å². The smallest absolute Gasteiger partial charge is 0.319 e. The number of nitrogens with zero attached hydrogens (tertiary/aromatic N) is 3. The maximum absolute atomic E-state index is 12.8. The normalized spacial score (nSPS) is 15.7. The predicted molar refractivity (Wildman–Crippen MR) is 122 cm³/mol. The molecule has 1 aliphatic heterocycles. The number of rotatable bonds is 7. The van der Waals surface area contributed by atoms with Crippen molar-refractivity contribution in [1.29, 1.82) is 0 Å². The van der Waals surface area contributed by atoms with E-state index in [0.29, 0.717) is 11.4 Å². The number of carbonyl (C=O) groups is 1. The van der Waals surface area contributed by atoms with Gasteiger partial charge in [-0.25, -0.2) is 13.2 Å². The van der Waals surface area contributed by atoms with Crippen molar-refractivity contribution in [2.24, 2.45) is 0 Å². The summed E-state index contributed by atoms with van der Waals surface area (Å²) in [5.74, 6) is 0. The molecule has 8 nitrogen and oxygen atoms in total. The van der Waals surface area contributed by atoms with Gasteiger partial charge in [0.1, 0.15) is 0 Å². The van der Waals surface area contributed by atoms with Crippen LogP contribution in [0.3, 0.4) is 0 Å². The molecule has 168 valence electrons. The Morgan fingerprint density at radius 3 is 2.52 bits per heavy atom. The molecule has 2 N–H and O–H groups in total. The van der Waals surface area contributed by atoms with Crippen molar-refractivity contribution in [3.8, 4) is 0 Å². The van der Waals surface area contributed by atoms with Crippen molar-refractivity contribution in [2.45, 2.75) is 37.6 Å². The van der Waals surface area contributed by atoms with Gasteiger partial charge in [-0.2, -0.15) is 4.31 Å². The zero-order valence-electron chi connectivity index (χ0n) is 18.3. The zero-order valence-corrected chi connectivity index (χ0v) is 19.2. The van der Waals surface area contributed by atoms with Crippen LogP contribution in [0, 0.1) is 13.8 Å². The van der Waals surface area contributed by atoms with Gasteiger partial charge in [-0.1, -0.05) is 18.2 Å². The second-order valence-corrected chi connectivity index (χ2v) is 9.85. The number of pyridine rings is 1. The highest BCUT2D eigenvalue weighted by Gasteiger charge is 2.30. The minimum atomic E-state index is -3.48. The van der Waals surface area contributed by atoms with Crippen molar-refractivity contribution in [3.05, 3.63) is 53.9 Å². The fraction of sp³-hybridized carbons (Fsp3) is 0.455. The lowest BCUT2D eigenvalue weighted by Crippen LogP contribution is -2.47. The van der Waals surface area contributed by atoms with Gasteiger partial charge in [0, 0.05) is 43.8 Å². The first-order valence-electron chi connectivity index (χ1n) is 10.5. The van der Waals surface area contributed by atoms with Crippen LogP contribution in [0.4, 0.5) is 10.5 Å². The number of nitrogens with one attached hydrogen (secondary N) is 2. The number of piperidine rings is 1. The second-order valence-electron chi connectivity index (χ2n) is 7.86. The van der Waals surface area contributed by atoms with Gasteiger partial charge in [-0.15, -0.1) is 0 Å². The Bertz CT molecular complexity index is 989. The molecule has 0 bridgehead atoms. The van der Waals surface area contributed by atoms with Crippen molar-refractivity contribution in [1.82, 2.24) is 19.5 Å². The summed E-state index contributed by atoms with van der Waals surface area (Å²) in [4.78, 5) is 19.0. The highest BCUT2D eigenvalue weighted by Crippen LogP contribution is 2.22. The fourth-order valence-electron chi connectivity index (χ4n) is 3.73. The summed E-state index contributed by atoms with van der Waals surface area (Å²) in [5, 5.41) is 5.75. The second kappa shape index (κ2) is 10.2. The zero-order chi connectivity index (χ0) is 22.4. The molecule has 0 unspecified atom stereocenters. The van der Waals surface area contributed by atoms with E-state index >= 15 is 0 Å². The molecule has 0 atom stereocenters. The van der Waals surface area contributed by atoms with E-state index in [2.05, 4.69) is 20.5 Å². The van der Waals surface area contributed by atoms with Gasteiger partial charge in [0.05, 0.1) is 4.90 Å². The van der Waals surface area contributed by atoms with Gasteiger partial charge < -0.3 is 15.5 Å². The first-order chi connectivity index (χ1) is 14.8. The molecule has 0 aliphatic carbocycles. The molecule has 2 amide bonds. The minimum absolute atomic E-state index is 0.0179. The number of carbonyl (C=O) groups excluding carboxylic acids is 1. The van der Waals surface area contributed by atoms with Crippen LogP contribution in [0.25, 0.3) is 0 Å². The lowest BCUT2D eigenvalue weighted by atomic mass is 10.1. The van der Waals surface area contributed by atoms with Crippen molar-refractivity contribution >= 4 is 21.7 Å². The number of hydrogen-bond donors (Lipinski definition) is 2. The summed E-state index contributed by atoms with van der Waals surface area (Å²) >= 11 is 0. The highest BCUT2D eigenvalue weighted by atomic mass is 32.2. The van der Waals surface area contributed by atoms with E-state index in [-0.39, 0.29) is 12.1 Å². The standard InChI is InChI=1S/C22H31N5O3S/c1-17-18(2)23-12-9-21(17)25-22(28)24-13-16-27-14-10-19(11-15-27)26(3)31(29,30)20-7-5-4-6-8-20/h4-9,12,19H,10-11,13-16H2,1-3H3,(H2,23,24,25,28). The Kier molecular flexibility index (Phi) is 7.64. The summed E-state index contributed by atoms with van der Waals surface area (Å²) in [5.41, 5.74) is 2.60. The van der Waals surface area contributed by atoms with E-state index in [1.807, 2.05) is 19.9 Å². The average Bonchev–Trinajstić information content (AvgIpc) is 2.77. The van der Waals surface area contributed by atoms with E-state index in [1.54, 1.807) is 43.6 Å². The number of benzene rings is 1. The number of sulfonamides is 1. The Morgan fingerprint density at radius 2 is 1.84 bits per heavy atom.